The lowest BCUT2D eigenvalue weighted by molar-refractivity contribution is -0.137. The molecule has 5 heteroatoms. The summed E-state index contributed by atoms with van der Waals surface area (Å²) in [7, 11) is 0. The Morgan fingerprint density at radius 1 is 1.13 bits per heavy atom. The second-order valence-corrected chi connectivity index (χ2v) is 3.93. The Morgan fingerprint density at radius 3 is 2.33 bits per heavy atom. The third-order valence-corrected chi connectivity index (χ3v) is 2.44. The fourth-order valence-corrected chi connectivity index (χ4v) is 1.51. The van der Waals surface area contributed by atoms with Crippen molar-refractivity contribution in [2.75, 3.05) is 5.33 Å². The van der Waals surface area contributed by atoms with Crippen LogP contribution in [0.25, 0.3) is 0 Å². The van der Waals surface area contributed by atoms with E-state index in [9.17, 15) is 17.6 Å². The maximum absolute atomic E-state index is 12.9. The average Bonchev–Trinajstić information content (AvgIpc) is 2.12. The molecule has 0 saturated carbocycles. The predicted molar refractivity (Wildman–Crippen MR) is 53.5 cm³/mol. The second kappa shape index (κ2) is 4.96. The van der Waals surface area contributed by atoms with E-state index in [1.165, 1.54) is 0 Å². The van der Waals surface area contributed by atoms with E-state index in [1.54, 1.807) is 0 Å². The summed E-state index contributed by atoms with van der Waals surface area (Å²) in [4.78, 5) is 0. The lowest BCUT2D eigenvalue weighted by Crippen LogP contribution is -2.06. The monoisotopic (exact) mass is 284 g/mol. The standard InChI is InChI=1S/C10H9BrF4/c11-3-1-2-7-4-8(10(13,14)15)6-9(12)5-7/h4-6H,1-3H2. The summed E-state index contributed by atoms with van der Waals surface area (Å²) in [5.41, 5.74) is -0.547. The number of hydrogen-bond acceptors (Lipinski definition) is 0. The van der Waals surface area contributed by atoms with Gasteiger partial charge in [0.1, 0.15) is 5.82 Å². The predicted octanol–water partition coefficient (Wildman–Crippen LogP) is 4.17. The zero-order valence-electron chi connectivity index (χ0n) is 7.74. The Kier molecular flexibility index (Phi) is 4.13. The third kappa shape index (κ3) is 3.81. The van der Waals surface area contributed by atoms with E-state index >= 15 is 0 Å². The highest BCUT2D eigenvalue weighted by Gasteiger charge is 2.31. The van der Waals surface area contributed by atoms with E-state index in [2.05, 4.69) is 15.9 Å². The van der Waals surface area contributed by atoms with Crippen molar-refractivity contribution in [3.8, 4) is 0 Å². The Balaban J connectivity index is 2.95. The van der Waals surface area contributed by atoms with Gasteiger partial charge >= 0.3 is 6.18 Å². The molecule has 0 saturated heterocycles. The van der Waals surface area contributed by atoms with Crippen LogP contribution in [-0.4, -0.2) is 5.33 Å². The second-order valence-electron chi connectivity index (χ2n) is 3.14. The van der Waals surface area contributed by atoms with E-state index in [1.807, 2.05) is 0 Å². The highest BCUT2D eigenvalue weighted by Crippen LogP contribution is 2.30. The summed E-state index contributed by atoms with van der Waals surface area (Å²) >= 11 is 3.17. The van der Waals surface area contributed by atoms with Crippen LogP contribution in [0.2, 0.25) is 0 Å². The summed E-state index contributed by atoms with van der Waals surface area (Å²) in [6.45, 7) is 0. The van der Waals surface area contributed by atoms with Crippen LogP contribution in [0.5, 0.6) is 0 Å². The molecule has 0 unspecified atom stereocenters. The van der Waals surface area contributed by atoms with Gasteiger partial charge in [0.25, 0.3) is 0 Å². The minimum absolute atomic E-state index is 0.377. The van der Waals surface area contributed by atoms with Gasteiger partial charge in [0.2, 0.25) is 0 Å². The molecular formula is C10H9BrF4. The molecule has 1 rings (SSSR count). The minimum Gasteiger partial charge on any atom is -0.207 e. The maximum atomic E-state index is 12.9. The first-order valence-corrected chi connectivity index (χ1v) is 5.48. The SMILES string of the molecule is Fc1cc(CCCBr)cc(C(F)(F)F)c1. The highest BCUT2D eigenvalue weighted by molar-refractivity contribution is 9.09. The molecule has 0 atom stereocenters. The van der Waals surface area contributed by atoms with Crippen LogP contribution >= 0.6 is 15.9 Å². The molecule has 0 aliphatic heterocycles. The van der Waals surface area contributed by atoms with Gasteiger partial charge in [-0.3, -0.25) is 0 Å². The van der Waals surface area contributed by atoms with Crippen molar-refractivity contribution < 1.29 is 17.6 Å². The van der Waals surface area contributed by atoms with Crippen LogP contribution in [0.4, 0.5) is 17.6 Å². The molecule has 0 bridgehead atoms. The normalized spacial score (nSPS) is 11.8. The molecule has 0 radical (unpaired) electrons. The summed E-state index contributed by atoms with van der Waals surface area (Å²) in [6.07, 6.45) is -3.36. The minimum atomic E-state index is -4.48. The molecule has 84 valence electrons. The molecule has 0 heterocycles. The van der Waals surface area contributed by atoms with Crippen molar-refractivity contribution in [2.45, 2.75) is 19.0 Å². The molecule has 0 aromatic heterocycles. The Morgan fingerprint density at radius 2 is 1.80 bits per heavy atom. The zero-order valence-corrected chi connectivity index (χ0v) is 9.33. The van der Waals surface area contributed by atoms with Gasteiger partial charge in [-0.25, -0.2) is 4.39 Å². The molecule has 0 spiro atoms. The third-order valence-electron chi connectivity index (χ3n) is 1.88. The van der Waals surface area contributed by atoms with Gasteiger partial charge in [0, 0.05) is 5.33 Å². The van der Waals surface area contributed by atoms with Gasteiger partial charge in [-0.2, -0.15) is 13.2 Å². The number of halogens is 5. The van der Waals surface area contributed by atoms with E-state index in [4.69, 9.17) is 0 Å². The first-order valence-electron chi connectivity index (χ1n) is 4.36. The van der Waals surface area contributed by atoms with Gasteiger partial charge in [-0.05, 0) is 36.6 Å². The van der Waals surface area contributed by atoms with Gasteiger partial charge in [-0.1, -0.05) is 15.9 Å². The molecule has 1 aromatic rings. The molecule has 0 amide bonds. The van der Waals surface area contributed by atoms with Crippen LogP contribution in [-0.2, 0) is 12.6 Å². The molecular weight excluding hydrogens is 276 g/mol. The Bertz CT molecular complexity index is 333. The van der Waals surface area contributed by atoms with Crippen LogP contribution in [0, 0.1) is 5.82 Å². The summed E-state index contributed by atoms with van der Waals surface area (Å²) in [5.74, 6) is -0.839. The van der Waals surface area contributed by atoms with Crippen LogP contribution in [0.15, 0.2) is 18.2 Å². The van der Waals surface area contributed by atoms with Gasteiger partial charge in [0.15, 0.2) is 0 Å². The smallest absolute Gasteiger partial charge is 0.207 e. The van der Waals surface area contributed by atoms with E-state index in [0.29, 0.717) is 29.8 Å². The first-order chi connectivity index (χ1) is 6.93. The summed E-state index contributed by atoms with van der Waals surface area (Å²) < 4.78 is 49.8. The summed E-state index contributed by atoms with van der Waals surface area (Å²) in [6, 6.07) is 2.64. The number of benzene rings is 1. The maximum Gasteiger partial charge on any atom is 0.416 e. The van der Waals surface area contributed by atoms with Crippen LogP contribution < -0.4 is 0 Å². The topological polar surface area (TPSA) is 0 Å². The fraction of sp³-hybridized carbons (Fsp3) is 0.400. The van der Waals surface area contributed by atoms with Gasteiger partial charge in [-0.15, -0.1) is 0 Å². The molecule has 1 aromatic carbocycles. The van der Waals surface area contributed by atoms with Gasteiger partial charge in [0.05, 0.1) is 5.56 Å². The van der Waals surface area contributed by atoms with Crippen LogP contribution in [0.3, 0.4) is 0 Å². The molecule has 0 aliphatic rings. The Labute approximate surface area is 93.4 Å². The van der Waals surface area contributed by atoms with E-state index in [0.717, 1.165) is 12.1 Å². The molecule has 0 fully saturated rings. The van der Waals surface area contributed by atoms with Crippen molar-refractivity contribution in [1.29, 1.82) is 0 Å². The number of alkyl halides is 4. The largest absolute Gasteiger partial charge is 0.416 e. The lowest BCUT2D eigenvalue weighted by atomic mass is 10.1. The molecule has 0 nitrogen and oxygen atoms in total. The lowest BCUT2D eigenvalue weighted by Gasteiger charge is -2.08. The van der Waals surface area contributed by atoms with Crippen molar-refractivity contribution in [3.63, 3.8) is 0 Å². The zero-order chi connectivity index (χ0) is 11.5. The highest BCUT2D eigenvalue weighted by atomic mass is 79.9. The number of aryl methyl sites for hydroxylation is 1. The molecule has 0 N–H and O–H groups in total. The Hall–Kier alpha value is -0.580. The molecule has 0 aliphatic carbocycles. The molecule has 15 heavy (non-hydrogen) atoms. The fourth-order valence-electron chi connectivity index (χ4n) is 1.23. The van der Waals surface area contributed by atoms with E-state index < -0.39 is 17.6 Å². The van der Waals surface area contributed by atoms with Gasteiger partial charge < -0.3 is 0 Å². The summed E-state index contributed by atoms with van der Waals surface area (Å²) in [5, 5.41) is 0.685. The van der Waals surface area contributed by atoms with Crippen molar-refractivity contribution >= 4 is 15.9 Å². The first kappa shape index (κ1) is 12.5. The van der Waals surface area contributed by atoms with E-state index in [-0.39, 0.29) is 0 Å². The quantitative estimate of drug-likeness (QED) is 0.577. The number of rotatable bonds is 3. The average molecular weight is 285 g/mol. The number of hydrogen-bond donors (Lipinski definition) is 0. The van der Waals surface area contributed by atoms with Crippen LogP contribution in [0.1, 0.15) is 17.5 Å². The van der Waals surface area contributed by atoms with Crippen molar-refractivity contribution in [2.24, 2.45) is 0 Å². The van der Waals surface area contributed by atoms with Crippen molar-refractivity contribution in [3.05, 3.63) is 35.1 Å². The van der Waals surface area contributed by atoms with Crippen molar-refractivity contribution in [1.82, 2.24) is 0 Å².